The quantitative estimate of drug-likeness (QED) is 0.415. The van der Waals surface area contributed by atoms with Gasteiger partial charge in [-0.15, -0.1) is 0 Å². The van der Waals surface area contributed by atoms with E-state index in [-0.39, 0.29) is 47.7 Å². The van der Waals surface area contributed by atoms with Gasteiger partial charge in [-0.25, -0.2) is 14.1 Å². The minimum absolute atomic E-state index is 0. The summed E-state index contributed by atoms with van der Waals surface area (Å²) >= 11 is 0. The van der Waals surface area contributed by atoms with Crippen LogP contribution in [0.5, 0.6) is 0 Å². The summed E-state index contributed by atoms with van der Waals surface area (Å²) in [6.07, 6.45) is 1.81. The molecule has 0 unspecified atom stereocenters. The second-order valence-corrected chi connectivity index (χ2v) is 7.80. The molecule has 2 atom stereocenters. The first kappa shape index (κ1) is 26.9. The molecule has 0 spiro atoms. The van der Waals surface area contributed by atoms with Crippen LogP contribution < -0.4 is 34.7 Å². The van der Waals surface area contributed by atoms with E-state index in [1.807, 2.05) is 26.0 Å². The normalized spacial score (nSPS) is 13.2. The van der Waals surface area contributed by atoms with E-state index in [9.17, 15) is 24.5 Å². The summed E-state index contributed by atoms with van der Waals surface area (Å²) in [5.74, 6) is -1.14. The molecule has 2 aromatic heterocycles. The molecule has 0 radical (unpaired) electrons. The molecule has 0 aliphatic rings. The second kappa shape index (κ2) is 12.2. The maximum Gasteiger partial charge on any atom is 1.00 e. The molecule has 3 rings (SSSR count). The number of benzene rings is 1. The molecule has 3 aromatic rings. The number of aliphatic hydroxyl groups is 2. The van der Waals surface area contributed by atoms with Gasteiger partial charge in [0.25, 0.3) is 0 Å². The molecule has 0 aliphatic carbocycles. The molecule has 0 saturated carbocycles. The Bertz CT molecular complexity index is 1090. The number of pyridine rings is 1. The van der Waals surface area contributed by atoms with E-state index < -0.39 is 24.6 Å². The Hall–Kier alpha value is -2.36. The number of rotatable bonds is 9. The Kier molecular flexibility index (Phi) is 9.94. The van der Waals surface area contributed by atoms with E-state index in [0.717, 1.165) is 5.69 Å². The summed E-state index contributed by atoms with van der Waals surface area (Å²) in [6.45, 7) is 3.97. The number of aromatic nitrogens is 3. The molecular weight excluding hydrogens is 436 g/mol. The van der Waals surface area contributed by atoms with Crippen molar-refractivity contribution in [3.05, 3.63) is 71.8 Å². The Balaban J connectivity index is 0.00000385. The van der Waals surface area contributed by atoms with Gasteiger partial charge in [0.2, 0.25) is 0 Å². The predicted molar refractivity (Wildman–Crippen MR) is 116 cm³/mol. The number of aliphatic hydroxyl groups excluding tert-OH is 2. The Morgan fingerprint density at radius 1 is 1.18 bits per heavy atom. The van der Waals surface area contributed by atoms with Gasteiger partial charge in [-0.2, -0.15) is 5.10 Å². The summed E-state index contributed by atoms with van der Waals surface area (Å²) in [7, 11) is 0. The van der Waals surface area contributed by atoms with E-state index in [4.69, 9.17) is 5.10 Å². The Labute approximate surface area is 213 Å². The number of carboxylic acid groups (broad SMARTS) is 1. The molecule has 33 heavy (non-hydrogen) atoms. The minimum atomic E-state index is -1.38. The van der Waals surface area contributed by atoms with Crippen LogP contribution in [0.15, 0.2) is 54.7 Å². The number of carbonyl (C=O) groups is 1. The molecule has 0 saturated heterocycles. The van der Waals surface area contributed by atoms with Gasteiger partial charge in [0.05, 0.1) is 23.6 Å². The van der Waals surface area contributed by atoms with E-state index in [1.54, 1.807) is 35.2 Å². The zero-order valence-electron chi connectivity index (χ0n) is 18.9. The van der Waals surface area contributed by atoms with Gasteiger partial charge < -0.3 is 20.1 Å². The van der Waals surface area contributed by atoms with Crippen molar-refractivity contribution in [2.75, 3.05) is 0 Å². The third-order valence-corrected chi connectivity index (χ3v) is 4.88. The van der Waals surface area contributed by atoms with E-state index in [1.165, 1.54) is 18.2 Å². The van der Waals surface area contributed by atoms with Crippen LogP contribution in [0.4, 0.5) is 4.39 Å². The maximum atomic E-state index is 13.6. The molecule has 0 fully saturated rings. The molecule has 7 nitrogen and oxygen atoms in total. The Morgan fingerprint density at radius 2 is 1.88 bits per heavy atom. The van der Waals surface area contributed by atoms with Crippen LogP contribution in [0.3, 0.4) is 0 Å². The fourth-order valence-electron chi connectivity index (χ4n) is 3.41. The zero-order valence-corrected chi connectivity index (χ0v) is 20.9. The van der Waals surface area contributed by atoms with Gasteiger partial charge in [-0.05, 0) is 42.3 Å². The summed E-state index contributed by atoms with van der Waals surface area (Å²) in [5.41, 5.74) is 2.84. The van der Waals surface area contributed by atoms with Crippen LogP contribution in [0.2, 0.25) is 0 Å². The van der Waals surface area contributed by atoms with Crippen LogP contribution in [-0.4, -0.2) is 43.2 Å². The Morgan fingerprint density at radius 3 is 2.45 bits per heavy atom. The average Bonchev–Trinajstić information content (AvgIpc) is 3.12. The number of carbonyl (C=O) groups excluding carboxylic acids is 1. The number of carboxylic acids is 1. The monoisotopic (exact) mass is 461 g/mol. The zero-order chi connectivity index (χ0) is 23.3. The third kappa shape index (κ3) is 7.06. The number of aliphatic carboxylic acids is 1. The van der Waals surface area contributed by atoms with Gasteiger partial charge in [0.1, 0.15) is 5.82 Å². The molecule has 0 bridgehead atoms. The largest absolute Gasteiger partial charge is 1.00 e. The van der Waals surface area contributed by atoms with Crippen molar-refractivity contribution in [1.29, 1.82) is 0 Å². The van der Waals surface area contributed by atoms with Crippen LogP contribution in [0.25, 0.3) is 23.2 Å². The van der Waals surface area contributed by atoms with E-state index >= 15 is 0 Å². The summed E-state index contributed by atoms with van der Waals surface area (Å²) in [4.78, 5) is 15.0. The molecule has 9 heteroatoms. The topological polar surface area (TPSA) is 111 Å². The molecule has 0 aliphatic heterocycles. The standard InChI is InChI=1S/C24H26FN3O4.Na/c1-15(2)23-20(11-10-18(29)13-19(30)14-22(31)32)24(16-6-8-17(25)9-7-16)28(27-23)21-5-3-4-12-26-21;/h3-12,15,18-19,29-30H,13-14H2,1-2H3,(H,31,32);/q;+1/p-1/b11-10+;/t18-,19-;/m1./s1. The van der Waals surface area contributed by atoms with E-state index in [0.29, 0.717) is 22.6 Å². The summed E-state index contributed by atoms with van der Waals surface area (Å²) in [6, 6.07) is 11.5. The van der Waals surface area contributed by atoms with Crippen molar-refractivity contribution in [2.45, 2.75) is 44.8 Å². The summed E-state index contributed by atoms with van der Waals surface area (Å²) in [5, 5.41) is 35.5. The maximum absolute atomic E-state index is 13.6. The second-order valence-electron chi connectivity index (χ2n) is 7.80. The fraction of sp³-hybridized carbons (Fsp3) is 0.292. The van der Waals surface area contributed by atoms with Gasteiger partial charge in [0.15, 0.2) is 5.82 Å². The number of halogens is 1. The first-order chi connectivity index (χ1) is 15.3. The molecule has 2 heterocycles. The van der Waals surface area contributed by atoms with Crippen molar-refractivity contribution < 1.29 is 54.1 Å². The average molecular weight is 461 g/mol. The van der Waals surface area contributed by atoms with Crippen molar-refractivity contribution in [1.82, 2.24) is 14.8 Å². The smallest absolute Gasteiger partial charge is 0.550 e. The van der Waals surface area contributed by atoms with Gasteiger partial charge in [-0.1, -0.05) is 32.1 Å². The van der Waals surface area contributed by atoms with Crippen LogP contribution in [-0.2, 0) is 4.79 Å². The first-order valence-corrected chi connectivity index (χ1v) is 10.3. The third-order valence-electron chi connectivity index (χ3n) is 4.88. The van der Waals surface area contributed by atoms with Crippen LogP contribution in [0.1, 0.15) is 43.9 Å². The number of hydrogen-bond acceptors (Lipinski definition) is 6. The number of hydrogen-bond donors (Lipinski definition) is 2. The van der Waals surface area contributed by atoms with E-state index in [2.05, 4.69) is 4.98 Å². The van der Waals surface area contributed by atoms with Crippen LogP contribution in [0, 0.1) is 5.82 Å². The van der Waals surface area contributed by atoms with Crippen molar-refractivity contribution in [2.24, 2.45) is 0 Å². The minimum Gasteiger partial charge on any atom is -0.550 e. The number of nitrogens with zero attached hydrogens (tertiary/aromatic N) is 3. The summed E-state index contributed by atoms with van der Waals surface area (Å²) < 4.78 is 15.3. The van der Waals surface area contributed by atoms with Gasteiger partial charge in [-0.3, -0.25) is 0 Å². The van der Waals surface area contributed by atoms with Crippen molar-refractivity contribution >= 4 is 12.0 Å². The molecule has 168 valence electrons. The SMILES string of the molecule is CC(C)c1nn(-c2ccccn2)c(-c2ccc(F)cc2)c1/C=C/[C@@H](O)C[C@@H](O)CC(=O)[O-].[Na+]. The fourth-order valence-corrected chi connectivity index (χ4v) is 3.41. The molecule has 0 amide bonds. The van der Waals surface area contributed by atoms with Crippen LogP contribution >= 0.6 is 0 Å². The molecular formula is C24H25FN3NaO4. The first-order valence-electron chi connectivity index (χ1n) is 10.3. The molecule has 1 aromatic carbocycles. The van der Waals surface area contributed by atoms with Crippen molar-refractivity contribution in [3.63, 3.8) is 0 Å². The molecule has 2 N–H and O–H groups in total. The van der Waals surface area contributed by atoms with Gasteiger partial charge in [0, 0.05) is 36.1 Å². The predicted octanol–water partition coefficient (Wildman–Crippen LogP) is -0.534. The van der Waals surface area contributed by atoms with Crippen molar-refractivity contribution in [3.8, 4) is 17.1 Å². The van der Waals surface area contributed by atoms with Gasteiger partial charge >= 0.3 is 29.6 Å².